The molecule has 1 N–H and O–H groups in total. The van der Waals surface area contributed by atoms with Crippen LogP contribution in [0.2, 0.25) is 0 Å². The van der Waals surface area contributed by atoms with Gasteiger partial charge in [-0.15, -0.1) is 0 Å². The third kappa shape index (κ3) is 3.74. The van der Waals surface area contributed by atoms with Crippen molar-refractivity contribution in [3.05, 3.63) is 70.5 Å². The average molecular weight is 417 g/mol. The minimum atomic E-state index is 0.425. The first-order chi connectivity index (χ1) is 14.8. The first kappa shape index (κ1) is 18.7. The lowest BCUT2D eigenvalue weighted by Gasteiger charge is -2.12. The van der Waals surface area contributed by atoms with Crippen molar-refractivity contribution in [3.8, 4) is 5.75 Å². The molecule has 0 aliphatic carbocycles. The lowest BCUT2D eigenvalue weighted by molar-refractivity contribution is 0.107. The summed E-state index contributed by atoms with van der Waals surface area (Å²) in [5.41, 5.74) is 4.90. The van der Waals surface area contributed by atoms with Crippen LogP contribution in [0.15, 0.2) is 53.8 Å². The van der Waals surface area contributed by atoms with Crippen molar-refractivity contribution < 1.29 is 9.47 Å². The highest BCUT2D eigenvalue weighted by atomic mass is 32.1. The Morgan fingerprint density at radius 2 is 2.00 bits per heavy atom. The quantitative estimate of drug-likeness (QED) is 0.477. The summed E-state index contributed by atoms with van der Waals surface area (Å²) in [6.07, 6.45) is 3.42. The Kier molecular flexibility index (Phi) is 5.08. The third-order valence-corrected chi connectivity index (χ3v) is 5.72. The SMILES string of the molecule is COc1cc2c(cc1Nc1ncnc3sc(COCc4ccccc4)nc13)C=NC2. The van der Waals surface area contributed by atoms with Gasteiger partial charge in [0.2, 0.25) is 0 Å². The fourth-order valence-corrected chi connectivity index (χ4v) is 4.15. The second-order valence-electron chi connectivity index (χ2n) is 6.81. The maximum atomic E-state index is 5.83. The van der Waals surface area contributed by atoms with E-state index < -0.39 is 0 Å². The molecule has 0 saturated heterocycles. The molecule has 1 aliphatic rings. The normalized spacial score (nSPS) is 12.3. The molecule has 0 fully saturated rings. The molecule has 1 aliphatic heterocycles. The number of methoxy groups -OCH3 is 1. The van der Waals surface area contributed by atoms with E-state index in [1.807, 2.05) is 48.7 Å². The Bertz CT molecular complexity index is 1220. The number of hydrogen-bond donors (Lipinski definition) is 1. The lowest BCUT2D eigenvalue weighted by atomic mass is 10.1. The van der Waals surface area contributed by atoms with Crippen molar-refractivity contribution >= 4 is 39.4 Å². The number of aliphatic imine (C=N–C) groups is 1. The van der Waals surface area contributed by atoms with Gasteiger partial charge in [-0.3, -0.25) is 4.99 Å². The second-order valence-corrected chi connectivity index (χ2v) is 7.87. The lowest BCUT2D eigenvalue weighted by Crippen LogP contribution is -2.00. The van der Waals surface area contributed by atoms with E-state index >= 15 is 0 Å². The van der Waals surface area contributed by atoms with E-state index in [0.29, 0.717) is 25.6 Å². The Balaban J connectivity index is 1.37. The summed E-state index contributed by atoms with van der Waals surface area (Å²) in [6, 6.07) is 14.1. The van der Waals surface area contributed by atoms with Crippen LogP contribution < -0.4 is 10.1 Å². The number of rotatable bonds is 7. The Morgan fingerprint density at radius 1 is 1.10 bits per heavy atom. The summed E-state index contributed by atoms with van der Waals surface area (Å²) >= 11 is 1.51. The van der Waals surface area contributed by atoms with Gasteiger partial charge < -0.3 is 14.8 Å². The summed E-state index contributed by atoms with van der Waals surface area (Å²) < 4.78 is 11.4. The van der Waals surface area contributed by atoms with Crippen molar-refractivity contribution in [1.82, 2.24) is 15.0 Å². The highest BCUT2D eigenvalue weighted by Gasteiger charge is 2.16. The molecule has 3 heterocycles. The van der Waals surface area contributed by atoms with Gasteiger partial charge in [0, 0.05) is 6.21 Å². The average Bonchev–Trinajstić information content (AvgIpc) is 3.40. The molecule has 2 aromatic heterocycles. The van der Waals surface area contributed by atoms with Crippen LogP contribution in [0.25, 0.3) is 10.3 Å². The molecule has 0 radical (unpaired) electrons. The van der Waals surface area contributed by atoms with E-state index in [1.165, 1.54) is 11.3 Å². The number of benzene rings is 2. The molecule has 0 amide bonds. The van der Waals surface area contributed by atoms with E-state index in [2.05, 4.69) is 20.3 Å². The van der Waals surface area contributed by atoms with E-state index in [0.717, 1.165) is 43.5 Å². The molecule has 0 saturated carbocycles. The summed E-state index contributed by atoms with van der Waals surface area (Å²) in [6.45, 7) is 1.65. The molecule has 8 heteroatoms. The zero-order valence-corrected chi connectivity index (χ0v) is 17.1. The standard InChI is InChI=1S/C22H19N5O2S/c1-28-18-8-16-10-23-9-15(16)7-17(18)26-21-20-22(25-13-24-21)30-19(27-20)12-29-11-14-5-3-2-4-6-14/h2-9,13H,10-12H2,1H3,(H,24,25,26). The van der Waals surface area contributed by atoms with Crippen molar-refractivity contribution in [1.29, 1.82) is 0 Å². The number of hydrogen-bond acceptors (Lipinski definition) is 8. The predicted molar refractivity (Wildman–Crippen MR) is 118 cm³/mol. The van der Waals surface area contributed by atoms with Crippen molar-refractivity contribution in [2.45, 2.75) is 19.8 Å². The van der Waals surface area contributed by atoms with Crippen LogP contribution in [0.4, 0.5) is 11.5 Å². The molecule has 0 unspecified atom stereocenters. The molecule has 30 heavy (non-hydrogen) atoms. The van der Waals surface area contributed by atoms with E-state index in [1.54, 1.807) is 13.4 Å². The molecule has 7 nitrogen and oxygen atoms in total. The number of thiazole rings is 1. The highest BCUT2D eigenvalue weighted by molar-refractivity contribution is 7.18. The monoisotopic (exact) mass is 417 g/mol. The number of anilines is 2. The summed E-state index contributed by atoms with van der Waals surface area (Å²) in [5.74, 6) is 1.38. The molecule has 0 atom stereocenters. The first-order valence-electron chi connectivity index (χ1n) is 9.50. The summed E-state index contributed by atoms with van der Waals surface area (Å²) in [7, 11) is 1.66. The van der Waals surface area contributed by atoms with E-state index in [4.69, 9.17) is 14.5 Å². The van der Waals surface area contributed by atoms with E-state index in [9.17, 15) is 0 Å². The van der Waals surface area contributed by atoms with Gasteiger partial charge in [0.15, 0.2) is 5.82 Å². The second kappa shape index (κ2) is 8.17. The van der Waals surface area contributed by atoms with Gasteiger partial charge in [-0.05, 0) is 28.8 Å². The van der Waals surface area contributed by atoms with Gasteiger partial charge in [-0.25, -0.2) is 15.0 Å². The van der Waals surface area contributed by atoms with Crippen LogP contribution in [-0.4, -0.2) is 28.3 Å². The minimum absolute atomic E-state index is 0.425. The Morgan fingerprint density at radius 3 is 2.87 bits per heavy atom. The van der Waals surface area contributed by atoms with Gasteiger partial charge >= 0.3 is 0 Å². The molecule has 0 spiro atoms. The summed E-state index contributed by atoms with van der Waals surface area (Å²) in [5, 5.41) is 4.22. The van der Waals surface area contributed by atoms with Crippen LogP contribution in [-0.2, 0) is 24.5 Å². The van der Waals surface area contributed by atoms with E-state index in [-0.39, 0.29) is 0 Å². The van der Waals surface area contributed by atoms with Gasteiger partial charge in [-0.2, -0.15) is 0 Å². The fraction of sp³-hybridized carbons (Fsp3) is 0.182. The number of aromatic nitrogens is 3. The number of ether oxygens (including phenoxy) is 2. The third-order valence-electron chi connectivity index (χ3n) is 4.78. The van der Waals surface area contributed by atoms with Gasteiger partial charge in [-0.1, -0.05) is 41.7 Å². The van der Waals surface area contributed by atoms with Crippen molar-refractivity contribution in [2.24, 2.45) is 4.99 Å². The molecule has 5 rings (SSSR count). The largest absolute Gasteiger partial charge is 0.495 e. The zero-order valence-electron chi connectivity index (χ0n) is 16.3. The first-order valence-corrected chi connectivity index (χ1v) is 10.3. The van der Waals surface area contributed by atoms with Crippen LogP contribution in [0.3, 0.4) is 0 Å². The molecule has 2 aromatic carbocycles. The number of nitrogens with zero attached hydrogens (tertiary/aromatic N) is 4. The maximum Gasteiger partial charge on any atom is 0.161 e. The maximum absolute atomic E-state index is 5.83. The minimum Gasteiger partial charge on any atom is -0.495 e. The Labute approximate surface area is 177 Å². The van der Waals surface area contributed by atoms with Crippen LogP contribution >= 0.6 is 11.3 Å². The Hall–Kier alpha value is -3.36. The van der Waals surface area contributed by atoms with Gasteiger partial charge in [0.1, 0.15) is 27.4 Å². The van der Waals surface area contributed by atoms with Crippen LogP contribution in [0, 0.1) is 0 Å². The highest BCUT2D eigenvalue weighted by Crippen LogP contribution is 2.34. The molecule has 150 valence electrons. The van der Waals surface area contributed by atoms with Crippen molar-refractivity contribution in [2.75, 3.05) is 12.4 Å². The number of fused-ring (bicyclic) bond motifs is 2. The topological polar surface area (TPSA) is 81.5 Å². The van der Waals surface area contributed by atoms with Gasteiger partial charge in [0.25, 0.3) is 0 Å². The smallest absolute Gasteiger partial charge is 0.161 e. The number of nitrogens with one attached hydrogen (secondary N) is 1. The fourth-order valence-electron chi connectivity index (χ4n) is 3.31. The zero-order chi connectivity index (χ0) is 20.3. The van der Waals surface area contributed by atoms with Crippen molar-refractivity contribution in [3.63, 3.8) is 0 Å². The molecule has 0 bridgehead atoms. The predicted octanol–water partition coefficient (Wildman–Crippen LogP) is 4.49. The van der Waals surface area contributed by atoms with Crippen LogP contribution in [0.5, 0.6) is 5.75 Å². The van der Waals surface area contributed by atoms with Gasteiger partial charge in [0.05, 0.1) is 32.6 Å². The molecular weight excluding hydrogens is 398 g/mol. The summed E-state index contributed by atoms with van der Waals surface area (Å²) in [4.78, 5) is 18.6. The molecule has 4 aromatic rings. The van der Waals surface area contributed by atoms with Crippen LogP contribution in [0.1, 0.15) is 21.7 Å². The molecular formula is C22H19N5O2S.